The first-order chi connectivity index (χ1) is 7.79. The summed E-state index contributed by atoms with van der Waals surface area (Å²) in [5.74, 6) is 6.25. The van der Waals surface area contributed by atoms with Crippen LogP contribution in [0.25, 0.3) is 0 Å². The van der Waals surface area contributed by atoms with E-state index in [0.717, 1.165) is 16.7 Å². The molecule has 0 aliphatic rings. The van der Waals surface area contributed by atoms with E-state index in [1.165, 1.54) is 0 Å². The quantitative estimate of drug-likeness (QED) is 0.433. The fourth-order valence-corrected chi connectivity index (χ4v) is 1.77. The molecule has 1 heterocycles. The van der Waals surface area contributed by atoms with Gasteiger partial charge in [-0.1, -0.05) is 0 Å². The van der Waals surface area contributed by atoms with Crippen molar-refractivity contribution < 1.29 is 13.9 Å². The van der Waals surface area contributed by atoms with E-state index in [4.69, 9.17) is 19.7 Å². The number of furan rings is 1. The average molecular weight is 293 g/mol. The minimum absolute atomic E-state index is 0.0491. The molecule has 6 heteroatoms. The van der Waals surface area contributed by atoms with Gasteiger partial charge in [0.2, 0.25) is 0 Å². The van der Waals surface area contributed by atoms with Crippen molar-refractivity contribution in [1.82, 2.24) is 5.43 Å². The van der Waals surface area contributed by atoms with Gasteiger partial charge in [-0.2, -0.15) is 0 Å². The van der Waals surface area contributed by atoms with Gasteiger partial charge in [-0.3, -0.25) is 5.84 Å². The molecule has 0 aliphatic carbocycles. The van der Waals surface area contributed by atoms with Crippen molar-refractivity contribution in [2.45, 2.75) is 12.5 Å². The zero-order valence-corrected chi connectivity index (χ0v) is 10.8. The second kappa shape index (κ2) is 7.81. The average Bonchev–Trinajstić information content (AvgIpc) is 2.70. The van der Waals surface area contributed by atoms with Gasteiger partial charge < -0.3 is 13.9 Å². The highest BCUT2D eigenvalue weighted by atomic mass is 79.9. The molecular formula is C10H17BrN2O3. The normalized spacial score (nSPS) is 12.9. The van der Waals surface area contributed by atoms with Crippen molar-refractivity contribution in [1.29, 1.82) is 0 Å². The van der Waals surface area contributed by atoms with Gasteiger partial charge >= 0.3 is 0 Å². The van der Waals surface area contributed by atoms with Crippen molar-refractivity contribution in [2.75, 3.05) is 26.9 Å². The summed E-state index contributed by atoms with van der Waals surface area (Å²) in [6, 6.07) is 1.79. The van der Waals surface area contributed by atoms with Gasteiger partial charge in [-0.05, 0) is 28.4 Å². The summed E-state index contributed by atoms with van der Waals surface area (Å²) in [4.78, 5) is 0. The summed E-state index contributed by atoms with van der Waals surface area (Å²) < 4.78 is 16.5. The molecule has 16 heavy (non-hydrogen) atoms. The molecule has 1 unspecified atom stereocenters. The third kappa shape index (κ3) is 4.23. The van der Waals surface area contributed by atoms with Crippen LogP contribution in [0.3, 0.4) is 0 Å². The highest BCUT2D eigenvalue weighted by Gasteiger charge is 2.15. The van der Waals surface area contributed by atoms with Crippen LogP contribution in [0.15, 0.2) is 21.2 Å². The van der Waals surface area contributed by atoms with Crippen LogP contribution in [-0.4, -0.2) is 26.9 Å². The number of rotatable bonds is 8. The Morgan fingerprint density at radius 3 is 2.88 bits per heavy atom. The van der Waals surface area contributed by atoms with Crippen LogP contribution in [0.1, 0.15) is 18.2 Å². The van der Waals surface area contributed by atoms with E-state index in [2.05, 4.69) is 21.4 Å². The predicted molar refractivity (Wildman–Crippen MR) is 63.8 cm³/mol. The fourth-order valence-electron chi connectivity index (χ4n) is 1.29. The molecule has 1 aromatic rings. The molecule has 92 valence electrons. The molecule has 0 aromatic carbocycles. The molecule has 0 saturated heterocycles. The third-order valence-corrected chi connectivity index (χ3v) is 2.80. The van der Waals surface area contributed by atoms with Gasteiger partial charge in [-0.15, -0.1) is 0 Å². The lowest BCUT2D eigenvalue weighted by molar-refractivity contribution is 0.0648. The molecule has 1 rings (SSSR count). The van der Waals surface area contributed by atoms with E-state index in [1.54, 1.807) is 13.4 Å². The molecule has 1 atom stereocenters. The van der Waals surface area contributed by atoms with Gasteiger partial charge in [0.15, 0.2) is 0 Å². The molecule has 0 fully saturated rings. The zero-order chi connectivity index (χ0) is 11.8. The number of hydrazine groups is 1. The van der Waals surface area contributed by atoms with Crippen LogP contribution in [0.4, 0.5) is 0 Å². The molecule has 1 aromatic heterocycles. The zero-order valence-electron chi connectivity index (χ0n) is 9.24. The molecule has 0 saturated carbocycles. The van der Waals surface area contributed by atoms with Crippen LogP contribution >= 0.6 is 15.9 Å². The van der Waals surface area contributed by atoms with E-state index in [1.807, 2.05) is 6.07 Å². The molecule has 0 spiro atoms. The van der Waals surface area contributed by atoms with Crippen LogP contribution in [0, 0.1) is 0 Å². The van der Waals surface area contributed by atoms with Gasteiger partial charge in [0.05, 0.1) is 30.0 Å². The Morgan fingerprint density at radius 2 is 2.31 bits per heavy atom. The van der Waals surface area contributed by atoms with Gasteiger partial charge in [0.25, 0.3) is 0 Å². The second-order valence-electron chi connectivity index (χ2n) is 3.25. The predicted octanol–water partition coefficient (Wildman–Crippen LogP) is 1.60. The monoisotopic (exact) mass is 292 g/mol. The standard InChI is InChI=1S/C10H17BrN2O3/c1-14-6-7-15-4-3-9(13-12)10-8(11)2-5-16-10/h2,5,9,13H,3-4,6-7,12H2,1H3. The van der Waals surface area contributed by atoms with Crippen molar-refractivity contribution in [3.05, 3.63) is 22.6 Å². The molecule has 3 N–H and O–H groups in total. The molecule has 0 aliphatic heterocycles. The summed E-state index contributed by atoms with van der Waals surface area (Å²) in [6.07, 6.45) is 2.36. The van der Waals surface area contributed by atoms with Crippen LogP contribution in [0.5, 0.6) is 0 Å². The molecule has 0 radical (unpaired) electrons. The first-order valence-corrected chi connectivity index (χ1v) is 5.84. The number of nitrogens with one attached hydrogen (secondary N) is 1. The number of ether oxygens (including phenoxy) is 2. The highest BCUT2D eigenvalue weighted by molar-refractivity contribution is 9.10. The highest BCUT2D eigenvalue weighted by Crippen LogP contribution is 2.25. The third-order valence-electron chi connectivity index (χ3n) is 2.15. The number of hydrogen-bond donors (Lipinski definition) is 2. The van der Waals surface area contributed by atoms with E-state index in [9.17, 15) is 0 Å². The van der Waals surface area contributed by atoms with E-state index in [0.29, 0.717) is 19.8 Å². The second-order valence-corrected chi connectivity index (χ2v) is 4.10. The molecule has 0 amide bonds. The summed E-state index contributed by atoms with van der Waals surface area (Å²) in [5.41, 5.74) is 2.70. The van der Waals surface area contributed by atoms with Crippen LogP contribution in [-0.2, 0) is 9.47 Å². The summed E-state index contributed by atoms with van der Waals surface area (Å²) >= 11 is 3.39. The molecular weight excluding hydrogens is 276 g/mol. The Balaban J connectivity index is 2.30. The van der Waals surface area contributed by atoms with Gasteiger partial charge in [0, 0.05) is 13.7 Å². The Kier molecular flexibility index (Phi) is 6.67. The van der Waals surface area contributed by atoms with Crippen molar-refractivity contribution in [3.63, 3.8) is 0 Å². The Bertz CT molecular complexity index is 293. The number of nitrogens with two attached hydrogens (primary N) is 1. The number of halogens is 1. The first-order valence-electron chi connectivity index (χ1n) is 5.05. The van der Waals surface area contributed by atoms with Gasteiger partial charge in [0.1, 0.15) is 5.76 Å². The summed E-state index contributed by atoms with van der Waals surface area (Å²) in [5, 5.41) is 0. The maximum Gasteiger partial charge on any atom is 0.136 e. The molecule has 5 nitrogen and oxygen atoms in total. The minimum Gasteiger partial charge on any atom is -0.466 e. The lowest BCUT2D eigenvalue weighted by Crippen LogP contribution is -2.29. The number of methoxy groups -OCH3 is 1. The SMILES string of the molecule is COCCOCCC(NN)c1occc1Br. The van der Waals surface area contributed by atoms with Crippen molar-refractivity contribution in [2.24, 2.45) is 5.84 Å². The molecule has 0 bridgehead atoms. The minimum atomic E-state index is -0.0491. The lowest BCUT2D eigenvalue weighted by atomic mass is 10.2. The maximum absolute atomic E-state index is 5.46. The van der Waals surface area contributed by atoms with Crippen molar-refractivity contribution in [3.8, 4) is 0 Å². The Morgan fingerprint density at radius 1 is 1.50 bits per heavy atom. The Hall–Kier alpha value is -0.400. The van der Waals surface area contributed by atoms with Crippen LogP contribution in [0.2, 0.25) is 0 Å². The largest absolute Gasteiger partial charge is 0.466 e. The van der Waals surface area contributed by atoms with Crippen molar-refractivity contribution >= 4 is 15.9 Å². The van der Waals surface area contributed by atoms with Crippen LogP contribution < -0.4 is 11.3 Å². The fraction of sp³-hybridized carbons (Fsp3) is 0.600. The van der Waals surface area contributed by atoms with Gasteiger partial charge in [-0.25, -0.2) is 5.43 Å². The lowest BCUT2D eigenvalue weighted by Gasteiger charge is -2.13. The van der Waals surface area contributed by atoms with E-state index in [-0.39, 0.29) is 6.04 Å². The van der Waals surface area contributed by atoms with E-state index >= 15 is 0 Å². The smallest absolute Gasteiger partial charge is 0.136 e. The van der Waals surface area contributed by atoms with E-state index < -0.39 is 0 Å². The summed E-state index contributed by atoms with van der Waals surface area (Å²) in [7, 11) is 1.65. The maximum atomic E-state index is 5.46. The number of hydrogen-bond acceptors (Lipinski definition) is 5. The topological polar surface area (TPSA) is 69.7 Å². The summed E-state index contributed by atoms with van der Waals surface area (Å²) in [6.45, 7) is 1.80. The Labute approximate surface area is 103 Å². The first kappa shape index (κ1) is 13.7.